The number of hydrogen-bond acceptors (Lipinski definition) is 3. The van der Waals surface area contributed by atoms with E-state index in [1.54, 1.807) is 13.8 Å². The van der Waals surface area contributed by atoms with Crippen molar-refractivity contribution in [3.63, 3.8) is 0 Å². The first-order valence-corrected chi connectivity index (χ1v) is 8.71. The Morgan fingerprint density at radius 3 is 1.95 bits per heavy atom. The molecule has 1 atom stereocenters. The monoisotopic (exact) mass is 317 g/mol. The van der Waals surface area contributed by atoms with E-state index >= 15 is 0 Å². The standard InChI is InChI=1S/C14H20ClNO3S/c1-8(2)11(5)14(17)16-13-9(3)6-12(7-10(13)4)20(15,18)19/h6-8,11H,1-5H3,(H,16,17). The average molecular weight is 318 g/mol. The van der Waals surface area contributed by atoms with Gasteiger partial charge in [-0.05, 0) is 43.0 Å². The second-order valence-corrected chi connectivity index (χ2v) is 7.96. The molecule has 0 aromatic heterocycles. The molecule has 0 heterocycles. The zero-order valence-electron chi connectivity index (χ0n) is 12.3. The molecule has 1 unspecified atom stereocenters. The maximum Gasteiger partial charge on any atom is 0.261 e. The van der Waals surface area contributed by atoms with Gasteiger partial charge < -0.3 is 5.32 Å². The van der Waals surface area contributed by atoms with Crippen LogP contribution in [0.2, 0.25) is 0 Å². The summed E-state index contributed by atoms with van der Waals surface area (Å²) in [5.74, 6) is 0.0380. The van der Waals surface area contributed by atoms with E-state index in [9.17, 15) is 13.2 Å². The Labute approximate surface area is 124 Å². The molecule has 0 fully saturated rings. The van der Waals surface area contributed by atoms with Crippen molar-refractivity contribution in [2.45, 2.75) is 39.5 Å². The third-order valence-electron chi connectivity index (χ3n) is 3.45. The van der Waals surface area contributed by atoms with Crippen molar-refractivity contribution in [3.8, 4) is 0 Å². The van der Waals surface area contributed by atoms with E-state index < -0.39 is 9.05 Å². The Morgan fingerprint density at radius 1 is 1.15 bits per heavy atom. The minimum absolute atomic E-state index is 0.0454. The summed E-state index contributed by atoms with van der Waals surface area (Å²) in [6.45, 7) is 9.31. The third-order valence-corrected chi connectivity index (χ3v) is 4.78. The van der Waals surface area contributed by atoms with E-state index in [0.29, 0.717) is 16.8 Å². The van der Waals surface area contributed by atoms with Gasteiger partial charge in [-0.25, -0.2) is 8.42 Å². The minimum atomic E-state index is -3.76. The van der Waals surface area contributed by atoms with E-state index in [2.05, 4.69) is 5.32 Å². The van der Waals surface area contributed by atoms with Gasteiger partial charge in [0.05, 0.1) is 4.90 Å². The van der Waals surface area contributed by atoms with Crippen molar-refractivity contribution in [3.05, 3.63) is 23.3 Å². The highest BCUT2D eigenvalue weighted by Crippen LogP contribution is 2.27. The van der Waals surface area contributed by atoms with Crippen molar-refractivity contribution in [1.29, 1.82) is 0 Å². The maximum atomic E-state index is 12.1. The molecule has 1 aromatic rings. The molecule has 0 aliphatic rings. The summed E-state index contributed by atoms with van der Waals surface area (Å²) in [7, 11) is 1.57. The lowest BCUT2D eigenvalue weighted by Crippen LogP contribution is -2.25. The average Bonchev–Trinajstić information content (AvgIpc) is 2.30. The van der Waals surface area contributed by atoms with Crippen LogP contribution in [-0.2, 0) is 13.8 Å². The summed E-state index contributed by atoms with van der Waals surface area (Å²) < 4.78 is 22.7. The Balaban J connectivity index is 3.13. The Morgan fingerprint density at radius 2 is 1.60 bits per heavy atom. The summed E-state index contributed by atoms with van der Waals surface area (Å²) in [5.41, 5.74) is 1.99. The summed E-state index contributed by atoms with van der Waals surface area (Å²) >= 11 is 0. The van der Waals surface area contributed by atoms with Gasteiger partial charge in [0.25, 0.3) is 9.05 Å². The Hall–Kier alpha value is -1.07. The number of rotatable bonds is 4. The van der Waals surface area contributed by atoms with Crippen LogP contribution in [0.15, 0.2) is 17.0 Å². The van der Waals surface area contributed by atoms with Crippen LogP contribution in [0.4, 0.5) is 5.69 Å². The van der Waals surface area contributed by atoms with Gasteiger partial charge in [0.1, 0.15) is 0 Å². The third kappa shape index (κ3) is 3.96. The molecule has 0 bridgehead atoms. The van der Waals surface area contributed by atoms with Crippen LogP contribution in [0.25, 0.3) is 0 Å². The summed E-state index contributed by atoms with van der Waals surface area (Å²) in [6.07, 6.45) is 0. The molecular formula is C14H20ClNO3S. The van der Waals surface area contributed by atoms with E-state index in [4.69, 9.17) is 10.7 Å². The number of anilines is 1. The Bertz CT molecular complexity index is 600. The highest BCUT2D eigenvalue weighted by molar-refractivity contribution is 8.13. The minimum Gasteiger partial charge on any atom is -0.325 e. The number of benzene rings is 1. The predicted molar refractivity (Wildman–Crippen MR) is 81.6 cm³/mol. The number of carbonyl (C=O) groups excluding carboxylic acids is 1. The van der Waals surface area contributed by atoms with Crippen LogP contribution >= 0.6 is 10.7 Å². The number of halogens is 1. The van der Waals surface area contributed by atoms with E-state index in [1.807, 2.05) is 20.8 Å². The van der Waals surface area contributed by atoms with Crippen LogP contribution in [-0.4, -0.2) is 14.3 Å². The summed E-state index contributed by atoms with van der Waals surface area (Å²) in [6, 6.07) is 2.93. The fraction of sp³-hybridized carbons (Fsp3) is 0.500. The van der Waals surface area contributed by atoms with Crippen LogP contribution in [0.1, 0.15) is 31.9 Å². The molecule has 0 aliphatic heterocycles. The smallest absolute Gasteiger partial charge is 0.261 e. The van der Waals surface area contributed by atoms with Crippen molar-refractivity contribution >= 4 is 31.3 Å². The van der Waals surface area contributed by atoms with Gasteiger partial charge in [-0.2, -0.15) is 0 Å². The molecule has 0 spiro atoms. The molecule has 1 N–H and O–H groups in total. The van der Waals surface area contributed by atoms with E-state index in [-0.39, 0.29) is 22.6 Å². The van der Waals surface area contributed by atoms with Crippen LogP contribution in [0.3, 0.4) is 0 Å². The fourth-order valence-corrected chi connectivity index (χ4v) is 2.70. The van der Waals surface area contributed by atoms with Gasteiger partial charge in [-0.15, -0.1) is 0 Å². The largest absolute Gasteiger partial charge is 0.325 e. The first kappa shape index (κ1) is 17.0. The molecule has 1 aromatic carbocycles. The molecule has 20 heavy (non-hydrogen) atoms. The lowest BCUT2D eigenvalue weighted by atomic mass is 9.97. The zero-order chi connectivity index (χ0) is 15.7. The van der Waals surface area contributed by atoms with Crippen molar-refractivity contribution in [1.82, 2.24) is 0 Å². The second-order valence-electron chi connectivity index (χ2n) is 5.39. The summed E-state index contributed by atoms with van der Waals surface area (Å²) in [5, 5.41) is 2.86. The molecule has 112 valence electrons. The normalized spacial score (nSPS) is 13.3. The molecule has 4 nitrogen and oxygen atoms in total. The lowest BCUT2D eigenvalue weighted by molar-refractivity contribution is -0.120. The van der Waals surface area contributed by atoms with Crippen molar-refractivity contribution in [2.75, 3.05) is 5.32 Å². The van der Waals surface area contributed by atoms with Crippen LogP contribution in [0, 0.1) is 25.7 Å². The number of nitrogens with one attached hydrogen (secondary N) is 1. The van der Waals surface area contributed by atoms with Crippen LogP contribution in [0.5, 0.6) is 0 Å². The Kier molecular flexibility index (Phi) is 5.21. The number of aryl methyl sites for hydroxylation is 2. The molecule has 6 heteroatoms. The van der Waals surface area contributed by atoms with Gasteiger partial charge in [-0.3, -0.25) is 4.79 Å². The molecule has 0 saturated heterocycles. The van der Waals surface area contributed by atoms with Gasteiger partial charge in [0, 0.05) is 22.3 Å². The van der Waals surface area contributed by atoms with E-state index in [1.165, 1.54) is 12.1 Å². The quantitative estimate of drug-likeness (QED) is 0.865. The first-order valence-electron chi connectivity index (χ1n) is 6.40. The second kappa shape index (κ2) is 6.14. The number of hydrogen-bond donors (Lipinski definition) is 1. The zero-order valence-corrected chi connectivity index (χ0v) is 13.9. The van der Waals surface area contributed by atoms with Crippen LogP contribution < -0.4 is 5.32 Å². The van der Waals surface area contributed by atoms with Gasteiger partial charge in [0.2, 0.25) is 5.91 Å². The number of amides is 1. The van der Waals surface area contributed by atoms with Crippen molar-refractivity contribution in [2.24, 2.45) is 11.8 Å². The highest BCUT2D eigenvalue weighted by Gasteiger charge is 2.19. The molecule has 1 amide bonds. The molecule has 0 aliphatic carbocycles. The molecule has 0 saturated carbocycles. The lowest BCUT2D eigenvalue weighted by Gasteiger charge is -2.18. The maximum absolute atomic E-state index is 12.1. The van der Waals surface area contributed by atoms with Crippen molar-refractivity contribution < 1.29 is 13.2 Å². The predicted octanol–water partition coefficient (Wildman–Crippen LogP) is 3.46. The van der Waals surface area contributed by atoms with Gasteiger partial charge in [-0.1, -0.05) is 20.8 Å². The fourth-order valence-electron chi connectivity index (χ4n) is 1.80. The molecule has 0 radical (unpaired) electrons. The molecular weight excluding hydrogens is 298 g/mol. The van der Waals surface area contributed by atoms with Gasteiger partial charge in [0.15, 0.2) is 0 Å². The highest BCUT2D eigenvalue weighted by atomic mass is 35.7. The van der Waals surface area contributed by atoms with E-state index in [0.717, 1.165) is 0 Å². The topological polar surface area (TPSA) is 63.2 Å². The number of carbonyl (C=O) groups is 1. The summed E-state index contributed by atoms with van der Waals surface area (Å²) in [4.78, 5) is 12.1. The molecule has 1 rings (SSSR count). The SMILES string of the molecule is Cc1cc(S(=O)(=O)Cl)cc(C)c1NC(=O)C(C)C(C)C. The van der Waals surface area contributed by atoms with Gasteiger partial charge >= 0.3 is 0 Å². The first-order chi connectivity index (χ1) is 9.04.